The number of aromatic nitrogens is 2. The van der Waals surface area contributed by atoms with E-state index in [1.165, 1.54) is 31.7 Å². The molecule has 1 heterocycles. The Morgan fingerprint density at radius 2 is 2.18 bits per heavy atom. The molecule has 0 saturated heterocycles. The van der Waals surface area contributed by atoms with E-state index in [0.29, 0.717) is 11.9 Å². The first-order chi connectivity index (χ1) is 8.16. The molecule has 1 aromatic heterocycles. The summed E-state index contributed by atoms with van der Waals surface area (Å²) in [5.41, 5.74) is -0.0789. The highest BCUT2D eigenvalue weighted by molar-refractivity contribution is 5.30. The summed E-state index contributed by atoms with van der Waals surface area (Å²) in [6.45, 7) is 3.11. The van der Waals surface area contributed by atoms with E-state index >= 15 is 0 Å². The van der Waals surface area contributed by atoms with Gasteiger partial charge in [0.15, 0.2) is 0 Å². The van der Waals surface area contributed by atoms with Crippen molar-refractivity contribution in [3.05, 3.63) is 22.5 Å². The zero-order valence-corrected chi connectivity index (χ0v) is 9.80. The minimum Gasteiger partial charge on any atom is -0.354 e. The number of hydrogen-bond acceptors (Lipinski definition) is 5. The van der Waals surface area contributed by atoms with Crippen LogP contribution in [-0.2, 0) is 0 Å². The zero-order valence-electron chi connectivity index (χ0n) is 9.80. The third kappa shape index (κ3) is 2.89. The van der Waals surface area contributed by atoms with Crippen LogP contribution in [0.5, 0.6) is 0 Å². The summed E-state index contributed by atoms with van der Waals surface area (Å²) in [5.74, 6) is 1.86. The van der Waals surface area contributed by atoms with Gasteiger partial charge >= 0.3 is 5.69 Å². The molecule has 1 saturated carbocycles. The van der Waals surface area contributed by atoms with Crippen molar-refractivity contribution in [1.29, 1.82) is 0 Å². The Kier molecular flexibility index (Phi) is 3.51. The third-order valence-corrected chi connectivity index (χ3v) is 3.41. The normalized spacial score (nSPS) is 23.6. The fraction of sp³-hybridized carbons (Fsp3) is 0.636. The summed E-state index contributed by atoms with van der Waals surface area (Å²) in [4.78, 5) is 17.8. The lowest BCUT2D eigenvalue weighted by molar-refractivity contribution is -0.385. The van der Waals surface area contributed by atoms with Gasteiger partial charge in [0.25, 0.3) is 0 Å². The molecular weight excluding hydrogens is 220 g/mol. The van der Waals surface area contributed by atoms with Crippen molar-refractivity contribution >= 4 is 11.6 Å². The minimum atomic E-state index is -0.497. The van der Waals surface area contributed by atoms with E-state index in [9.17, 15) is 10.1 Å². The molecule has 2 rings (SSSR count). The number of nitrogens with zero attached hydrogens (tertiary/aromatic N) is 3. The largest absolute Gasteiger partial charge is 0.354 e. The summed E-state index contributed by atoms with van der Waals surface area (Å²) in [5, 5.41) is 13.6. The topological polar surface area (TPSA) is 81.0 Å². The van der Waals surface area contributed by atoms with E-state index in [2.05, 4.69) is 22.2 Å². The van der Waals surface area contributed by atoms with Gasteiger partial charge in [-0.05, 0) is 18.3 Å². The van der Waals surface area contributed by atoms with E-state index in [1.807, 2.05) is 0 Å². The molecule has 6 nitrogen and oxygen atoms in total. The molecule has 1 N–H and O–H groups in total. The minimum absolute atomic E-state index is 0.0789. The highest BCUT2D eigenvalue weighted by Gasteiger charge is 2.23. The zero-order chi connectivity index (χ0) is 12.3. The number of hydrogen-bond donors (Lipinski definition) is 1. The lowest BCUT2D eigenvalue weighted by atomic mass is 9.98. The molecule has 1 fully saturated rings. The Bertz CT molecular complexity index is 393. The second kappa shape index (κ2) is 5.07. The lowest BCUT2D eigenvalue weighted by Gasteiger charge is -2.15. The fourth-order valence-electron chi connectivity index (χ4n) is 2.25. The molecule has 92 valence electrons. The smallest absolute Gasteiger partial charge is 0.305 e. The van der Waals surface area contributed by atoms with Gasteiger partial charge in [0.2, 0.25) is 5.95 Å². The molecule has 1 aliphatic rings. The van der Waals surface area contributed by atoms with Gasteiger partial charge < -0.3 is 5.32 Å². The molecule has 1 aromatic rings. The van der Waals surface area contributed by atoms with Crippen LogP contribution in [0.4, 0.5) is 11.6 Å². The second-order valence-electron chi connectivity index (χ2n) is 4.57. The van der Waals surface area contributed by atoms with Gasteiger partial charge in [-0.1, -0.05) is 19.8 Å². The summed E-state index contributed by atoms with van der Waals surface area (Å²) in [7, 11) is 0. The molecule has 6 heteroatoms. The van der Waals surface area contributed by atoms with Gasteiger partial charge in [-0.3, -0.25) is 10.1 Å². The summed E-state index contributed by atoms with van der Waals surface area (Å²) >= 11 is 0. The van der Waals surface area contributed by atoms with Crippen LogP contribution in [0.3, 0.4) is 0 Å². The van der Waals surface area contributed by atoms with Gasteiger partial charge in [0, 0.05) is 6.54 Å². The average molecular weight is 236 g/mol. The molecule has 0 bridgehead atoms. The number of rotatable bonds is 4. The van der Waals surface area contributed by atoms with Gasteiger partial charge in [-0.25, -0.2) is 9.97 Å². The lowest BCUT2D eigenvalue weighted by Crippen LogP contribution is -2.17. The molecule has 1 aliphatic carbocycles. The molecular formula is C11H16N4O2. The molecule has 2 atom stereocenters. The first-order valence-electron chi connectivity index (χ1n) is 5.87. The van der Waals surface area contributed by atoms with Gasteiger partial charge in [-0.15, -0.1) is 0 Å². The number of nitro groups is 1. The quantitative estimate of drug-likeness (QED) is 0.640. The standard InChI is InChI=1S/C11H16N4O2/c1-8-3-2-4-9(8)5-12-11-13-6-10(7-14-11)15(16)17/h6-9H,2-5H2,1H3,(H,12,13,14). The Morgan fingerprint density at radius 1 is 1.47 bits per heavy atom. The second-order valence-corrected chi connectivity index (χ2v) is 4.57. The van der Waals surface area contributed by atoms with Crippen molar-refractivity contribution in [1.82, 2.24) is 9.97 Å². The summed E-state index contributed by atoms with van der Waals surface area (Å²) in [6.07, 6.45) is 6.27. The fourth-order valence-corrected chi connectivity index (χ4v) is 2.25. The molecule has 17 heavy (non-hydrogen) atoms. The maximum atomic E-state index is 10.4. The Morgan fingerprint density at radius 3 is 2.71 bits per heavy atom. The predicted octanol–water partition coefficient (Wildman–Crippen LogP) is 2.23. The van der Waals surface area contributed by atoms with Crippen molar-refractivity contribution in [2.24, 2.45) is 11.8 Å². The van der Waals surface area contributed by atoms with E-state index in [0.717, 1.165) is 12.5 Å². The Balaban J connectivity index is 1.88. The van der Waals surface area contributed by atoms with Gasteiger partial charge in [0.1, 0.15) is 12.4 Å². The SMILES string of the molecule is CC1CCCC1CNc1ncc([N+](=O)[O-])cn1. The maximum absolute atomic E-state index is 10.4. The van der Waals surface area contributed by atoms with E-state index < -0.39 is 4.92 Å². The highest BCUT2D eigenvalue weighted by Crippen LogP contribution is 2.30. The monoisotopic (exact) mass is 236 g/mol. The number of anilines is 1. The van der Waals surface area contributed by atoms with Crippen LogP contribution < -0.4 is 5.32 Å². The van der Waals surface area contributed by atoms with Crippen molar-refractivity contribution in [2.75, 3.05) is 11.9 Å². The van der Waals surface area contributed by atoms with E-state index in [4.69, 9.17) is 0 Å². The maximum Gasteiger partial charge on any atom is 0.305 e. The van der Waals surface area contributed by atoms with Crippen molar-refractivity contribution < 1.29 is 4.92 Å². The summed E-state index contributed by atoms with van der Waals surface area (Å²) in [6, 6.07) is 0. The first-order valence-corrected chi connectivity index (χ1v) is 5.87. The van der Waals surface area contributed by atoms with Crippen LogP contribution in [0, 0.1) is 22.0 Å². The summed E-state index contributed by atoms with van der Waals surface area (Å²) < 4.78 is 0. The van der Waals surface area contributed by atoms with Crippen LogP contribution in [0.15, 0.2) is 12.4 Å². The van der Waals surface area contributed by atoms with E-state index in [1.54, 1.807) is 0 Å². The number of nitrogens with one attached hydrogen (secondary N) is 1. The van der Waals surface area contributed by atoms with Crippen LogP contribution >= 0.6 is 0 Å². The molecule has 2 unspecified atom stereocenters. The molecule has 0 spiro atoms. The van der Waals surface area contributed by atoms with Gasteiger partial charge in [0.05, 0.1) is 4.92 Å². The predicted molar refractivity (Wildman–Crippen MR) is 63.7 cm³/mol. The van der Waals surface area contributed by atoms with Crippen molar-refractivity contribution in [3.8, 4) is 0 Å². The van der Waals surface area contributed by atoms with Crippen molar-refractivity contribution in [3.63, 3.8) is 0 Å². The van der Waals surface area contributed by atoms with Crippen LogP contribution in [0.2, 0.25) is 0 Å². The van der Waals surface area contributed by atoms with Crippen molar-refractivity contribution in [2.45, 2.75) is 26.2 Å². The Labute approximate surface area is 99.6 Å². The average Bonchev–Trinajstić information content (AvgIpc) is 2.73. The molecule has 0 aliphatic heterocycles. The molecule has 0 radical (unpaired) electrons. The third-order valence-electron chi connectivity index (χ3n) is 3.41. The molecule has 0 aromatic carbocycles. The highest BCUT2D eigenvalue weighted by atomic mass is 16.6. The van der Waals surface area contributed by atoms with E-state index in [-0.39, 0.29) is 5.69 Å². The van der Waals surface area contributed by atoms with Crippen LogP contribution in [0.1, 0.15) is 26.2 Å². The van der Waals surface area contributed by atoms with Crippen LogP contribution in [0.25, 0.3) is 0 Å². The van der Waals surface area contributed by atoms with Crippen LogP contribution in [-0.4, -0.2) is 21.4 Å². The van der Waals surface area contributed by atoms with Gasteiger partial charge in [-0.2, -0.15) is 0 Å². The molecule has 0 amide bonds. The first kappa shape index (κ1) is 11.8. The Hall–Kier alpha value is -1.72.